The van der Waals surface area contributed by atoms with Crippen LogP contribution in [0.3, 0.4) is 0 Å². The first-order chi connectivity index (χ1) is 19.1. The molecule has 1 unspecified atom stereocenters. The van der Waals surface area contributed by atoms with Crippen molar-refractivity contribution < 1.29 is 14.3 Å². The lowest BCUT2D eigenvalue weighted by molar-refractivity contribution is 0.122. The van der Waals surface area contributed by atoms with Crippen LogP contribution in [0.15, 0.2) is 12.3 Å². The number of likely N-dealkylation sites (tertiary alicyclic amines) is 2. The Morgan fingerprint density at radius 3 is 2.72 bits per heavy atom. The van der Waals surface area contributed by atoms with Gasteiger partial charge in [-0.3, -0.25) is 20.1 Å². The van der Waals surface area contributed by atoms with Gasteiger partial charge in [-0.05, 0) is 45.7 Å². The predicted molar refractivity (Wildman–Crippen MR) is 155 cm³/mol. The van der Waals surface area contributed by atoms with Crippen LogP contribution in [-0.2, 0) is 16.1 Å². The molecular weight excluding hydrogens is 514 g/mol. The normalized spacial score (nSPS) is 22.7. The molecule has 210 valence electrons. The summed E-state index contributed by atoms with van der Waals surface area (Å²) in [6.07, 6.45) is 5.73. The van der Waals surface area contributed by atoms with E-state index in [1.165, 1.54) is 36.2 Å². The second-order valence-electron chi connectivity index (χ2n) is 10.8. The molecule has 3 saturated heterocycles. The van der Waals surface area contributed by atoms with Crippen LogP contribution in [0.1, 0.15) is 36.6 Å². The number of fused-ring (bicyclic) bond motifs is 1. The van der Waals surface area contributed by atoms with Gasteiger partial charge in [-0.1, -0.05) is 0 Å². The van der Waals surface area contributed by atoms with E-state index in [0.717, 1.165) is 60.1 Å². The Morgan fingerprint density at radius 1 is 1.13 bits per heavy atom. The van der Waals surface area contributed by atoms with Gasteiger partial charge in [-0.2, -0.15) is 0 Å². The molecule has 0 aromatic carbocycles. The average Bonchev–Trinajstić information content (AvgIpc) is 3.68. The number of methoxy groups -OCH3 is 1. The molecule has 3 aliphatic heterocycles. The van der Waals surface area contributed by atoms with Crippen LogP contribution >= 0.6 is 11.3 Å². The van der Waals surface area contributed by atoms with E-state index in [-0.39, 0.29) is 0 Å². The van der Waals surface area contributed by atoms with Crippen LogP contribution < -0.4 is 15.1 Å². The van der Waals surface area contributed by atoms with Gasteiger partial charge in [-0.15, -0.1) is 11.3 Å². The highest BCUT2D eigenvalue weighted by Crippen LogP contribution is 2.40. The van der Waals surface area contributed by atoms with Gasteiger partial charge in [0.2, 0.25) is 11.8 Å². The zero-order valence-electron chi connectivity index (χ0n) is 23.4. The molecular formula is C28H39N7O3S. The zero-order chi connectivity index (χ0) is 26.9. The molecule has 3 aromatic rings. The number of ether oxygens (including phenoxy) is 2. The highest BCUT2D eigenvalue weighted by atomic mass is 32.1. The maximum atomic E-state index is 5.62. The highest BCUT2D eigenvalue weighted by molar-refractivity contribution is 7.19. The smallest absolute Gasteiger partial charge is 0.239 e. The number of nitrogens with one attached hydrogen (secondary N) is 1. The number of thiophene rings is 1. The summed E-state index contributed by atoms with van der Waals surface area (Å²) in [4.78, 5) is 28.9. The van der Waals surface area contributed by atoms with Crippen molar-refractivity contribution in [2.45, 2.75) is 51.7 Å². The van der Waals surface area contributed by atoms with E-state index in [9.17, 15) is 0 Å². The first kappa shape index (κ1) is 26.6. The van der Waals surface area contributed by atoms with Gasteiger partial charge >= 0.3 is 0 Å². The first-order valence-corrected chi connectivity index (χ1v) is 14.8. The Hall–Kier alpha value is -2.57. The van der Waals surface area contributed by atoms with Gasteiger partial charge < -0.3 is 14.4 Å². The Balaban J connectivity index is 1.38. The van der Waals surface area contributed by atoms with Crippen molar-refractivity contribution in [1.82, 2.24) is 24.8 Å². The number of hydrogen-bond donors (Lipinski definition) is 1. The quantitative estimate of drug-likeness (QED) is 0.414. The topological polar surface area (TPSA) is 88.1 Å². The molecule has 3 aromatic heterocycles. The van der Waals surface area contributed by atoms with Crippen LogP contribution in [0.25, 0.3) is 21.5 Å². The summed E-state index contributed by atoms with van der Waals surface area (Å²) in [6, 6.07) is 3.36. The number of aromatic nitrogens is 3. The van der Waals surface area contributed by atoms with E-state index in [4.69, 9.17) is 24.3 Å². The van der Waals surface area contributed by atoms with E-state index in [1.807, 2.05) is 12.3 Å². The molecule has 6 heterocycles. The third kappa shape index (κ3) is 5.30. The van der Waals surface area contributed by atoms with Crippen LogP contribution in [0.4, 0.5) is 11.6 Å². The Labute approximate surface area is 234 Å². The van der Waals surface area contributed by atoms with Gasteiger partial charge in [0, 0.05) is 67.0 Å². The second-order valence-corrected chi connectivity index (χ2v) is 12.0. The third-order valence-corrected chi connectivity index (χ3v) is 9.49. The van der Waals surface area contributed by atoms with Crippen LogP contribution in [0, 0.1) is 6.92 Å². The molecule has 6 rings (SSSR count). The average molecular weight is 554 g/mol. The number of pyridine rings is 1. The van der Waals surface area contributed by atoms with E-state index >= 15 is 0 Å². The number of hydrogen-bond acceptors (Lipinski definition) is 11. The van der Waals surface area contributed by atoms with E-state index in [0.29, 0.717) is 36.9 Å². The van der Waals surface area contributed by atoms with E-state index < -0.39 is 0 Å². The fourth-order valence-electron chi connectivity index (χ4n) is 6.28. The van der Waals surface area contributed by atoms with Crippen LogP contribution in [-0.4, -0.2) is 97.0 Å². The maximum Gasteiger partial charge on any atom is 0.239 e. The standard InChI is InChI=1S/C28H39N7O3S/c1-18-6-5-8-35(18)21-7-9-33(16-21)17-22-19(2)39-26-24(20-14-23(32-37-4)27(36-3)29-15-20)30-28(31-25(22)26)34-10-12-38-13-11-34/h14-15,18,21,32H,5-13,16-17H2,1-4H3/t18-,21?/m0/s1. The molecule has 0 saturated carbocycles. The molecule has 3 aliphatic rings. The fourth-order valence-corrected chi connectivity index (χ4v) is 7.40. The SMILES string of the molecule is CONc1cc(-c2nc(N3CCOCC3)nc3c(CN4CCC(N5CCC[C@@H]5C)C4)c(C)sc23)cnc1OC. The Morgan fingerprint density at radius 2 is 1.97 bits per heavy atom. The highest BCUT2D eigenvalue weighted by Gasteiger charge is 2.33. The molecule has 10 nitrogen and oxygen atoms in total. The number of aryl methyl sites for hydroxylation is 1. The lowest BCUT2D eigenvalue weighted by atomic mass is 10.1. The molecule has 2 atom stereocenters. The van der Waals surface area contributed by atoms with Crippen molar-refractivity contribution in [2.75, 3.05) is 70.5 Å². The molecule has 3 fully saturated rings. The molecule has 0 aliphatic carbocycles. The van der Waals surface area contributed by atoms with Gasteiger partial charge in [0.05, 0.1) is 43.3 Å². The van der Waals surface area contributed by atoms with Crippen molar-refractivity contribution >= 4 is 33.2 Å². The summed E-state index contributed by atoms with van der Waals surface area (Å²) >= 11 is 1.78. The summed E-state index contributed by atoms with van der Waals surface area (Å²) in [6.45, 7) is 12.0. The zero-order valence-corrected chi connectivity index (χ0v) is 24.2. The van der Waals surface area contributed by atoms with E-state index in [1.54, 1.807) is 25.6 Å². The summed E-state index contributed by atoms with van der Waals surface area (Å²) in [5.74, 6) is 1.22. The molecule has 0 radical (unpaired) electrons. The second kappa shape index (κ2) is 11.5. The van der Waals surface area contributed by atoms with Gasteiger partial charge in [0.15, 0.2) is 0 Å². The van der Waals surface area contributed by atoms with E-state index in [2.05, 4.69) is 39.0 Å². The van der Waals surface area contributed by atoms with Gasteiger partial charge in [0.25, 0.3) is 0 Å². The fraction of sp³-hybridized carbons (Fsp3) is 0.607. The molecule has 0 bridgehead atoms. The molecule has 0 spiro atoms. The molecule has 11 heteroatoms. The summed E-state index contributed by atoms with van der Waals surface area (Å²) in [7, 11) is 3.18. The number of rotatable bonds is 8. The number of morpholine rings is 1. The Kier molecular flexibility index (Phi) is 7.86. The van der Waals surface area contributed by atoms with Crippen molar-refractivity contribution in [3.63, 3.8) is 0 Å². The van der Waals surface area contributed by atoms with Crippen molar-refractivity contribution in [2.24, 2.45) is 0 Å². The minimum absolute atomic E-state index is 0.471. The van der Waals surface area contributed by atoms with Gasteiger partial charge in [-0.25, -0.2) is 15.0 Å². The maximum absolute atomic E-state index is 5.62. The minimum Gasteiger partial charge on any atom is -0.479 e. The number of anilines is 2. The van der Waals surface area contributed by atoms with Crippen molar-refractivity contribution in [1.29, 1.82) is 0 Å². The number of nitrogens with zero attached hydrogens (tertiary/aromatic N) is 6. The van der Waals surface area contributed by atoms with Crippen LogP contribution in [0.5, 0.6) is 5.88 Å². The third-order valence-electron chi connectivity index (χ3n) is 8.35. The monoisotopic (exact) mass is 553 g/mol. The van der Waals surface area contributed by atoms with Crippen molar-refractivity contribution in [3.05, 3.63) is 22.7 Å². The lowest BCUT2D eigenvalue weighted by Gasteiger charge is -2.28. The largest absolute Gasteiger partial charge is 0.479 e. The molecule has 1 N–H and O–H groups in total. The molecule has 0 amide bonds. The summed E-state index contributed by atoms with van der Waals surface area (Å²) in [5, 5.41) is 0. The summed E-state index contributed by atoms with van der Waals surface area (Å²) < 4.78 is 12.1. The summed E-state index contributed by atoms with van der Waals surface area (Å²) in [5.41, 5.74) is 7.71. The minimum atomic E-state index is 0.471. The first-order valence-electron chi connectivity index (χ1n) is 14.0. The molecule has 39 heavy (non-hydrogen) atoms. The lowest BCUT2D eigenvalue weighted by Crippen LogP contribution is -2.39. The predicted octanol–water partition coefficient (Wildman–Crippen LogP) is 3.94. The van der Waals surface area contributed by atoms with Crippen molar-refractivity contribution in [3.8, 4) is 17.1 Å². The Bertz CT molecular complexity index is 1310. The van der Waals surface area contributed by atoms with Crippen LogP contribution in [0.2, 0.25) is 0 Å². The van der Waals surface area contributed by atoms with Gasteiger partial charge in [0.1, 0.15) is 5.69 Å².